The molecule has 2 rings (SSSR count). The van der Waals surface area contributed by atoms with Crippen LogP contribution in [0.2, 0.25) is 0 Å². The van der Waals surface area contributed by atoms with Gasteiger partial charge in [0.05, 0.1) is 11.8 Å². The van der Waals surface area contributed by atoms with Crippen LogP contribution >= 0.6 is 0 Å². The van der Waals surface area contributed by atoms with Gasteiger partial charge in [0.2, 0.25) is 5.91 Å². The molecule has 86 valence electrons. The summed E-state index contributed by atoms with van der Waals surface area (Å²) in [6.45, 7) is -0.00681. The lowest BCUT2D eigenvalue weighted by Crippen LogP contribution is -2.25. The average molecular weight is 231 g/mol. The van der Waals surface area contributed by atoms with Crippen molar-refractivity contribution in [1.82, 2.24) is 0 Å². The summed E-state index contributed by atoms with van der Waals surface area (Å²) >= 11 is 0. The molecule has 0 atom stereocenters. The number of carbonyl (C=O) groups is 2. The predicted molar refractivity (Wildman–Crippen MR) is 59.4 cm³/mol. The van der Waals surface area contributed by atoms with Crippen molar-refractivity contribution in [2.24, 2.45) is 0 Å². The minimum atomic E-state index is -0.393. The van der Waals surface area contributed by atoms with Gasteiger partial charge in [0, 0.05) is 5.69 Å². The highest BCUT2D eigenvalue weighted by Gasteiger charge is 2.16. The van der Waals surface area contributed by atoms with Gasteiger partial charge in [-0.1, -0.05) is 0 Å². The number of ether oxygens (including phenoxy) is 1. The number of rotatable bonds is 2. The van der Waals surface area contributed by atoms with Gasteiger partial charge in [-0.25, -0.2) is 0 Å². The SMILES string of the molecule is N#CCC(=O)Nc1ccc2c(c1)NC(=O)CO2. The fourth-order valence-electron chi connectivity index (χ4n) is 1.44. The molecular formula is C11H9N3O3. The van der Waals surface area contributed by atoms with E-state index >= 15 is 0 Å². The maximum absolute atomic E-state index is 11.2. The highest BCUT2D eigenvalue weighted by Crippen LogP contribution is 2.30. The van der Waals surface area contributed by atoms with Gasteiger partial charge < -0.3 is 15.4 Å². The first-order chi connectivity index (χ1) is 8.19. The van der Waals surface area contributed by atoms with Gasteiger partial charge in [0.1, 0.15) is 12.2 Å². The number of nitriles is 1. The summed E-state index contributed by atoms with van der Waals surface area (Å²) in [6, 6.07) is 6.63. The number of fused-ring (bicyclic) bond motifs is 1. The van der Waals surface area contributed by atoms with E-state index in [1.807, 2.05) is 0 Å². The van der Waals surface area contributed by atoms with Gasteiger partial charge >= 0.3 is 0 Å². The molecule has 6 nitrogen and oxygen atoms in total. The molecule has 1 aliphatic rings. The van der Waals surface area contributed by atoms with E-state index in [0.717, 1.165) is 0 Å². The summed E-state index contributed by atoms with van der Waals surface area (Å²) in [5.41, 5.74) is 1.02. The third-order valence-corrected chi connectivity index (χ3v) is 2.14. The lowest BCUT2D eigenvalue weighted by Gasteiger charge is -2.18. The fraction of sp³-hybridized carbons (Fsp3) is 0.182. The van der Waals surface area contributed by atoms with Crippen LogP contribution in [0.3, 0.4) is 0 Å². The standard InChI is InChI=1S/C11H9N3O3/c12-4-3-10(15)13-7-1-2-9-8(5-7)14-11(16)6-17-9/h1-2,5H,3,6H2,(H,13,15)(H,14,16). The van der Waals surface area contributed by atoms with Gasteiger partial charge in [-0.3, -0.25) is 9.59 Å². The topological polar surface area (TPSA) is 91.2 Å². The Morgan fingerprint density at radius 3 is 3.18 bits per heavy atom. The monoisotopic (exact) mass is 231 g/mol. The van der Waals surface area contributed by atoms with E-state index < -0.39 is 5.91 Å². The van der Waals surface area contributed by atoms with E-state index in [9.17, 15) is 9.59 Å². The van der Waals surface area contributed by atoms with Gasteiger partial charge in [-0.15, -0.1) is 0 Å². The minimum Gasteiger partial charge on any atom is -0.482 e. The Hall–Kier alpha value is -2.55. The molecule has 0 aliphatic carbocycles. The van der Waals surface area contributed by atoms with E-state index in [0.29, 0.717) is 17.1 Å². The third kappa shape index (κ3) is 2.52. The van der Waals surface area contributed by atoms with Crippen LogP contribution in [0, 0.1) is 11.3 Å². The number of hydrogen-bond donors (Lipinski definition) is 2. The smallest absolute Gasteiger partial charge is 0.262 e. The Bertz CT molecular complexity index is 519. The third-order valence-electron chi connectivity index (χ3n) is 2.14. The maximum atomic E-state index is 11.2. The molecule has 6 heteroatoms. The molecule has 1 aromatic rings. The van der Waals surface area contributed by atoms with Crippen LogP contribution in [0.4, 0.5) is 11.4 Å². The largest absolute Gasteiger partial charge is 0.482 e. The second-order valence-electron chi connectivity index (χ2n) is 3.43. The zero-order chi connectivity index (χ0) is 12.3. The second-order valence-corrected chi connectivity index (χ2v) is 3.43. The molecule has 0 unspecified atom stereocenters. The van der Waals surface area contributed by atoms with Crippen molar-refractivity contribution in [3.63, 3.8) is 0 Å². The first-order valence-electron chi connectivity index (χ1n) is 4.92. The van der Waals surface area contributed by atoms with Gasteiger partial charge in [0.15, 0.2) is 6.61 Å². The Kier molecular flexibility index (Phi) is 2.92. The normalized spacial score (nSPS) is 12.8. The van der Waals surface area contributed by atoms with Crippen molar-refractivity contribution in [3.05, 3.63) is 18.2 Å². The summed E-state index contributed by atoms with van der Waals surface area (Å²) in [4.78, 5) is 22.3. The maximum Gasteiger partial charge on any atom is 0.262 e. The highest BCUT2D eigenvalue weighted by molar-refractivity contribution is 5.97. The molecule has 1 heterocycles. The Balaban J connectivity index is 2.16. The quantitative estimate of drug-likeness (QED) is 0.790. The van der Waals surface area contributed by atoms with Crippen molar-refractivity contribution in [3.8, 4) is 11.8 Å². The highest BCUT2D eigenvalue weighted by atomic mass is 16.5. The van der Waals surface area contributed by atoms with E-state index in [4.69, 9.17) is 10.00 Å². The summed E-state index contributed by atoms with van der Waals surface area (Å²) in [5, 5.41) is 13.5. The first-order valence-corrected chi connectivity index (χ1v) is 4.92. The zero-order valence-electron chi connectivity index (χ0n) is 8.82. The zero-order valence-corrected chi connectivity index (χ0v) is 8.82. The number of amides is 2. The van der Waals surface area contributed by atoms with Crippen molar-refractivity contribution < 1.29 is 14.3 Å². The van der Waals surface area contributed by atoms with Crippen LogP contribution < -0.4 is 15.4 Å². The number of hydrogen-bond acceptors (Lipinski definition) is 4. The molecule has 0 fully saturated rings. The summed E-state index contributed by atoms with van der Waals surface area (Å²) in [5.74, 6) is -0.0728. The van der Waals surface area contributed by atoms with E-state index in [2.05, 4.69) is 10.6 Å². The molecule has 0 aromatic heterocycles. The lowest BCUT2D eigenvalue weighted by atomic mass is 10.2. The van der Waals surface area contributed by atoms with Gasteiger partial charge in [-0.05, 0) is 18.2 Å². The number of anilines is 2. The fourth-order valence-corrected chi connectivity index (χ4v) is 1.44. The molecule has 0 radical (unpaired) electrons. The van der Waals surface area contributed by atoms with E-state index in [1.165, 1.54) is 0 Å². The first kappa shape index (κ1) is 11.0. The summed E-state index contributed by atoms with van der Waals surface area (Å²) in [6.07, 6.45) is -0.208. The molecule has 2 N–H and O–H groups in total. The molecule has 1 aliphatic heterocycles. The van der Waals surface area contributed by atoms with Crippen LogP contribution in [0.15, 0.2) is 18.2 Å². The summed E-state index contributed by atoms with van der Waals surface area (Å²) in [7, 11) is 0. The van der Waals surface area contributed by atoms with Crippen LogP contribution in [0.25, 0.3) is 0 Å². The molecule has 1 aromatic carbocycles. The van der Waals surface area contributed by atoms with E-state index in [-0.39, 0.29) is 18.9 Å². The molecule has 0 saturated heterocycles. The molecular weight excluding hydrogens is 222 g/mol. The van der Waals surface area contributed by atoms with Crippen LogP contribution in [0.1, 0.15) is 6.42 Å². The molecule has 0 saturated carbocycles. The molecule has 17 heavy (non-hydrogen) atoms. The Morgan fingerprint density at radius 1 is 1.59 bits per heavy atom. The Morgan fingerprint density at radius 2 is 2.41 bits per heavy atom. The minimum absolute atomic E-state index is 0.00681. The van der Waals surface area contributed by atoms with Crippen molar-refractivity contribution in [2.75, 3.05) is 17.2 Å². The van der Waals surface area contributed by atoms with Crippen molar-refractivity contribution >= 4 is 23.2 Å². The second kappa shape index (κ2) is 4.53. The average Bonchev–Trinajstić information content (AvgIpc) is 2.28. The summed E-state index contributed by atoms with van der Waals surface area (Å²) < 4.78 is 5.17. The van der Waals surface area contributed by atoms with Crippen LogP contribution in [-0.4, -0.2) is 18.4 Å². The van der Waals surface area contributed by atoms with Crippen molar-refractivity contribution in [2.45, 2.75) is 6.42 Å². The van der Waals surface area contributed by atoms with Crippen LogP contribution in [0.5, 0.6) is 5.75 Å². The predicted octanol–water partition coefficient (Wildman–Crippen LogP) is 0.870. The molecule has 0 bridgehead atoms. The van der Waals surface area contributed by atoms with Crippen LogP contribution in [-0.2, 0) is 9.59 Å². The molecule has 0 spiro atoms. The number of nitrogens with one attached hydrogen (secondary N) is 2. The molecule has 2 amide bonds. The lowest BCUT2D eigenvalue weighted by molar-refractivity contribution is -0.118. The van der Waals surface area contributed by atoms with Crippen molar-refractivity contribution in [1.29, 1.82) is 5.26 Å². The van der Waals surface area contributed by atoms with Gasteiger partial charge in [0.25, 0.3) is 5.91 Å². The number of nitrogens with zero attached hydrogens (tertiary/aromatic N) is 1. The van der Waals surface area contributed by atoms with Gasteiger partial charge in [-0.2, -0.15) is 5.26 Å². The number of benzene rings is 1. The number of carbonyl (C=O) groups excluding carboxylic acids is 2. The van der Waals surface area contributed by atoms with E-state index in [1.54, 1.807) is 24.3 Å². The Labute approximate surface area is 97.2 Å².